The largest absolute Gasteiger partial charge is 0.398 e. The SMILES string of the molecule is CCC(CCN1CCNC1=O)[Si](Cl)CO. The van der Waals surface area contributed by atoms with E-state index >= 15 is 0 Å². The number of aliphatic hydroxyl groups excluding tert-OH is 1. The van der Waals surface area contributed by atoms with Gasteiger partial charge in [-0.15, -0.1) is 0 Å². The number of carbonyl (C=O) groups excluding carboxylic acids is 1. The zero-order valence-corrected chi connectivity index (χ0v) is 10.8. The van der Waals surface area contributed by atoms with Crippen LogP contribution in [0.1, 0.15) is 19.8 Å². The van der Waals surface area contributed by atoms with Gasteiger partial charge in [0.25, 0.3) is 0 Å². The van der Waals surface area contributed by atoms with E-state index < -0.39 is 8.11 Å². The molecule has 2 N–H and O–H groups in total. The molecule has 1 saturated heterocycles. The van der Waals surface area contributed by atoms with Crippen LogP contribution in [0.4, 0.5) is 4.79 Å². The van der Waals surface area contributed by atoms with Crippen LogP contribution in [0.15, 0.2) is 0 Å². The third-order valence-corrected chi connectivity index (χ3v) is 5.95. The van der Waals surface area contributed by atoms with E-state index in [1.165, 1.54) is 0 Å². The minimum Gasteiger partial charge on any atom is -0.398 e. The zero-order valence-electron chi connectivity index (χ0n) is 9.00. The Labute approximate surface area is 96.9 Å². The molecular weight excluding hydrogens is 232 g/mol. The average Bonchev–Trinajstić information content (AvgIpc) is 2.65. The van der Waals surface area contributed by atoms with Crippen LogP contribution in [0, 0.1) is 0 Å². The molecule has 1 aliphatic heterocycles. The van der Waals surface area contributed by atoms with Crippen molar-refractivity contribution in [2.24, 2.45) is 0 Å². The van der Waals surface area contributed by atoms with Gasteiger partial charge >= 0.3 is 6.03 Å². The van der Waals surface area contributed by atoms with Crippen molar-refractivity contribution in [3.63, 3.8) is 0 Å². The van der Waals surface area contributed by atoms with Crippen molar-refractivity contribution in [1.82, 2.24) is 10.2 Å². The molecule has 15 heavy (non-hydrogen) atoms. The molecule has 0 aromatic heterocycles. The number of aliphatic hydroxyl groups is 1. The second-order valence-corrected chi connectivity index (χ2v) is 7.20. The summed E-state index contributed by atoms with van der Waals surface area (Å²) >= 11 is 6.09. The van der Waals surface area contributed by atoms with Crippen molar-refractivity contribution in [2.45, 2.75) is 25.3 Å². The summed E-state index contributed by atoms with van der Waals surface area (Å²) < 4.78 is 0. The van der Waals surface area contributed by atoms with Crippen LogP contribution in [0.3, 0.4) is 0 Å². The Bertz CT molecular complexity index is 218. The fraction of sp³-hybridized carbons (Fsp3) is 0.889. The van der Waals surface area contributed by atoms with Crippen LogP contribution in [0.25, 0.3) is 0 Å². The number of urea groups is 1. The summed E-state index contributed by atoms with van der Waals surface area (Å²) in [6.45, 7) is 4.37. The molecule has 0 spiro atoms. The molecule has 1 radical (unpaired) electrons. The maximum Gasteiger partial charge on any atom is 0.317 e. The van der Waals surface area contributed by atoms with Crippen LogP contribution in [-0.2, 0) is 0 Å². The van der Waals surface area contributed by atoms with Gasteiger partial charge in [0.15, 0.2) is 8.11 Å². The molecule has 0 saturated carbocycles. The molecule has 1 fully saturated rings. The van der Waals surface area contributed by atoms with Gasteiger partial charge < -0.3 is 15.3 Å². The zero-order chi connectivity index (χ0) is 11.3. The summed E-state index contributed by atoms with van der Waals surface area (Å²) in [5.74, 6) is 0. The first-order valence-electron chi connectivity index (χ1n) is 5.33. The minimum absolute atomic E-state index is 0.0252. The van der Waals surface area contributed by atoms with E-state index in [2.05, 4.69) is 12.2 Å². The van der Waals surface area contributed by atoms with E-state index in [1.807, 2.05) is 4.90 Å². The van der Waals surface area contributed by atoms with Gasteiger partial charge in [0.1, 0.15) is 0 Å². The molecule has 87 valence electrons. The van der Waals surface area contributed by atoms with Crippen LogP contribution < -0.4 is 5.32 Å². The lowest BCUT2D eigenvalue weighted by Gasteiger charge is -2.20. The van der Waals surface area contributed by atoms with Crippen molar-refractivity contribution >= 4 is 25.2 Å². The minimum atomic E-state index is -1.16. The lowest BCUT2D eigenvalue weighted by atomic mass is 10.2. The molecule has 0 aromatic carbocycles. The van der Waals surface area contributed by atoms with E-state index in [0.717, 1.165) is 32.5 Å². The van der Waals surface area contributed by atoms with Crippen molar-refractivity contribution < 1.29 is 9.90 Å². The lowest BCUT2D eigenvalue weighted by Crippen LogP contribution is -2.31. The van der Waals surface area contributed by atoms with Gasteiger partial charge in [0, 0.05) is 19.6 Å². The molecule has 0 aliphatic carbocycles. The second-order valence-electron chi connectivity index (χ2n) is 3.72. The molecule has 1 aliphatic rings. The normalized spacial score (nSPS) is 18.4. The fourth-order valence-electron chi connectivity index (χ4n) is 1.75. The highest BCUT2D eigenvalue weighted by atomic mass is 35.6. The Morgan fingerprint density at radius 3 is 2.93 bits per heavy atom. The van der Waals surface area contributed by atoms with Crippen molar-refractivity contribution in [1.29, 1.82) is 0 Å². The summed E-state index contributed by atoms with van der Waals surface area (Å²) in [4.78, 5) is 13.1. The van der Waals surface area contributed by atoms with Gasteiger partial charge in [0.05, 0.1) is 6.23 Å². The molecule has 6 heteroatoms. The Kier molecular flexibility index (Phi) is 5.42. The number of rotatable bonds is 6. The van der Waals surface area contributed by atoms with E-state index in [-0.39, 0.29) is 12.3 Å². The third-order valence-electron chi connectivity index (χ3n) is 2.78. The summed E-state index contributed by atoms with van der Waals surface area (Å²) in [6.07, 6.45) is 1.99. The predicted molar refractivity (Wildman–Crippen MR) is 62.3 cm³/mol. The number of nitrogens with one attached hydrogen (secondary N) is 1. The third kappa shape index (κ3) is 3.66. The van der Waals surface area contributed by atoms with E-state index in [1.54, 1.807) is 0 Å². The molecule has 1 unspecified atom stereocenters. The number of hydrogen-bond acceptors (Lipinski definition) is 2. The van der Waals surface area contributed by atoms with Gasteiger partial charge in [0.2, 0.25) is 0 Å². The van der Waals surface area contributed by atoms with Crippen molar-refractivity contribution in [2.75, 3.05) is 25.9 Å². The van der Waals surface area contributed by atoms with Gasteiger partial charge in [-0.2, -0.15) is 11.1 Å². The molecule has 4 nitrogen and oxygen atoms in total. The second kappa shape index (κ2) is 6.35. The number of amides is 2. The Balaban J connectivity index is 2.30. The number of halogens is 1. The molecule has 1 atom stereocenters. The first-order valence-corrected chi connectivity index (χ1v) is 8.13. The highest BCUT2D eigenvalue weighted by Gasteiger charge is 2.24. The maximum atomic E-state index is 11.3. The van der Waals surface area contributed by atoms with Crippen molar-refractivity contribution in [3.8, 4) is 0 Å². The number of hydrogen-bond donors (Lipinski definition) is 2. The average molecular weight is 250 g/mol. The summed E-state index contributed by atoms with van der Waals surface area (Å²) in [6, 6.07) is 0.0252. The smallest absolute Gasteiger partial charge is 0.317 e. The van der Waals surface area contributed by atoms with Crippen LogP contribution in [0.2, 0.25) is 5.54 Å². The van der Waals surface area contributed by atoms with Crippen LogP contribution in [-0.4, -0.2) is 50.0 Å². The quantitative estimate of drug-likeness (QED) is 0.544. The van der Waals surface area contributed by atoms with Gasteiger partial charge in [-0.3, -0.25) is 0 Å². The fourth-order valence-corrected chi connectivity index (χ4v) is 3.68. The standard InChI is InChI=1S/C9H18ClN2O2Si/c1-2-8(15(10)7-13)3-5-12-6-4-11-9(12)14/h8,13H,2-7H2,1H3,(H,11,14). The van der Waals surface area contributed by atoms with Crippen LogP contribution in [0.5, 0.6) is 0 Å². The first kappa shape index (κ1) is 12.8. The lowest BCUT2D eigenvalue weighted by molar-refractivity contribution is 0.216. The van der Waals surface area contributed by atoms with E-state index in [9.17, 15) is 4.79 Å². The Morgan fingerprint density at radius 2 is 2.47 bits per heavy atom. The molecule has 0 bridgehead atoms. The Hall–Kier alpha value is -0.263. The van der Waals surface area contributed by atoms with Gasteiger partial charge in [-0.1, -0.05) is 13.3 Å². The molecule has 1 rings (SSSR count). The Morgan fingerprint density at radius 1 is 1.73 bits per heavy atom. The van der Waals surface area contributed by atoms with Crippen molar-refractivity contribution in [3.05, 3.63) is 0 Å². The number of carbonyl (C=O) groups is 1. The molecular formula is C9H18ClN2O2Si. The molecule has 0 aromatic rings. The molecule has 1 heterocycles. The predicted octanol–water partition coefficient (Wildman–Crippen LogP) is 0.944. The summed E-state index contributed by atoms with van der Waals surface area (Å²) in [5.41, 5.74) is 0.384. The summed E-state index contributed by atoms with van der Waals surface area (Å²) in [7, 11) is -1.16. The van der Waals surface area contributed by atoms with Gasteiger partial charge in [-0.05, 0) is 12.0 Å². The van der Waals surface area contributed by atoms with E-state index in [0.29, 0.717) is 5.54 Å². The molecule has 2 amide bonds. The summed E-state index contributed by atoms with van der Waals surface area (Å²) in [5, 5.41) is 11.8. The highest BCUT2D eigenvalue weighted by molar-refractivity contribution is 7.07. The van der Waals surface area contributed by atoms with Crippen LogP contribution >= 0.6 is 11.1 Å². The maximum absolute atomic E-state index is 11.3. The van der Waals surface area contributed by atoms with Gasteiger partial charge in [-0.25, -0.2) is 4.79 Å². The monoisotopic (exact) mass is 249 g/mol. The highest BCUT2D eigenvalue weighted by Crippen LogP contribution is 2.22. The van der Waals surface area contributed by atoms with E-state index in [4.69, 9.17) is 16.2 Å². The topological polar surface area (TPSA) is 52.6 Å². The number of nitrogens with zero attached hydrogens (tertiary/aromatic N) is 1. The first-order chi connectivity index (χ1) is 7.19.